The van der Waals surface area contributed by atoms with E-state index in [2.05, 4.69) is 9.97 Å². The monoisotopic (exact) mass is 478 g/mol. The highest BCUT2D eigenvalue weighted by molar-refractivity contribution is 7.13. The number of methoxy groups -OCH3 is 2. The molecule has 176 valence electrons. The van der Waals surface area contributed by atoms with Crippen LogP contribution in [0.1, 0.15) is 34.2 Å². The van der Waals surface area contributed by atoms with Crippen LogP contribution >= 0.6 is 11.3 Å². The second-order valence-electron chi connectivity index (χ2n) is 7.53. The molecule has 0 aliphatic carbocycles. The van der Waals surface area contributed by atoms with Crippen molar-refractivity contribution in [3.8, 4) is 22.1 Å². The van der Waals surface area contributed by atoms with Crippen molar-refractivity contribution < 1.29 is 23.7 Å². The molecule has 34 heavy (non-hydrogen) atoms. The summed E-state index contributed by atoms with van der Waals surface area (Å²) in [7, 11) is 3.18. The van der Waals surface area contributed by atoms with E-state index in [-0.39, 0.29) is 13.2 Å². The Morgan fingerprint density at radius 2 is 1.85 bits per heavy atom. The summed E-state index contributed by atoms with van der Waals surface area (Å²) in [6, 6.07) is 13.4. The van der Waals surface area contributed by atoms with Gasteiger partial charge in [0, 0.05) is 23.4 Å². The van der Waals surface area contributed by atoms with Gasteiger partial charge >= 0.3 is 5.97 Å². The van der Waals surface area contributed by atoms with Gasteiger partial charge in [0.05, 0.1) is 42.8 Å². The van der Waals surface area contributed by atoms with Crippen molar-refractivity contribution >= 4 is 28.2 Å². The van der Waals surface area contributed by atoms with Gasteiger partial charge in [0.25, 0.3) is 0 Å². The Bertz CT molecular complexity index is 1320. The van der Waals surface area contributed by atoms with E-state index in [0.717, 1.165) is 27.0 Å². The lowest BCUT2D eigenvalue weighted by molar-refractivity contribution is 0.0462. The first-order valence-corrected chi connectivity index (χ1v) is 11.7. The number of fused-ring (bicyclic) bond motifs is 1. The fourth-order valence-corrected chi connectivity index (χ4v) is 4.55. The van der Waals surface area contributed by atoms with Crippen molar-refractivity contribution in [2.24, 2.45) is 0 Å². The quantitative estimate of drug-likeness (QED) is 0.291. The molecule has 0 aliphatic rings. The smallest absolute Gasteiger partial charge is 0.340 e. The predicted octanol–water partition coefficient (Wildman–Crippen LogP) is 5.58. The molecule has 0 saturated heterocycles. The van der Waals surface area contributed by atoms with Crippen molar-refractivity contribution in [1.82, 2.24) is 9.97 Å². The Balaban J connectivity index is 1.53. The topological polar surface area (TPSA) is 79.8 Å². The summed E-state index contributed by atoms with van der Waals surface area (Å²) in [5.74, 6) is 0.887. The molecule has 4 rings (SSSR count). The number of ether oxygens (including phenoxy) is 4. The minimum atomic E-state index is -0.444. The van der Waals surface area contributed by atoms with Gasteiger partial charge in [0.15, 0.2) is 11.5 Å². The summed E-state index contributed by atoms with van der Waals surface area (Å²) in [4.78, 5) is 22.3. The number of hydrogen-bond acceptors (Lipinski definition) is 8. The summed E-state index contributed by atoms with van der Waals surface area (Å²) in [6.45, 7) is 4.66. The van der Waals surface area contributed by atoms with Crippen LogP contribution in [0.15, 0.2) is 47.8 Å². The van der Waals surface area contributed by atoms with Gasteiger partial charge in [-0.3, -0.25) is 0 Å². The molecule has 0 spiro atoms. The van der Waals surface area contributed by atoms with Gasteiger partial charge in [-0.15, -0.1) is 11.3 Å². The molecule has 7 nitrogen and oxygen atoms in total. The number of rotatable bonds is 9. The highest BCUT2D eigenvalue weighted by Crippen LogP contribution is 2.34. The van der Waals surface area contributed by atoms with E-state index in [0.29, 0.717) is 35.1 Å². The van der Waals surface area contributed by atoms with Gasteiger partial charge in [-0.25, -0.2) is 14.8 Å². The van der Waals surface area contributed by atoms with Crippen LogP contribution in [-0.4, -0.2) is 36.8 Å². The van der Waals surface area contributed by atoms with E-state index in [4.69, 9.17) is 18.9 Å². The molecule has 4 aromatic rings. The van der Waals surface area contributed by atoms with Crippen molar-refractivity contribution in [2.75, 3.05) is 20.8 Å². The number of aryl methyl sites for hydroxylation is 1. The van der Waals surface area contributed by atoms with Gasteiger partial charge in [-0.2, -0.15) is 0 Å². The molecule has 0 bridgehead atoms. The first kappa shape index (κ1) is 23.7. The molecule has 2 aromatic carbocycles. The molecular weight excluding hydrogens is 452 g/mol. The summed E-state index contributed by atoms with van der Waals surface area (Å²) in [5.41, 5.74) is 4.21. The molecule has 0 fully saturated rings. The first-order valence-electron chi connectivity index (χ1n) is 10.9. The Labute approximate surface area is 202 Å². The van der Waals surface area contributed by atoms with Crippen LogP contribution in [0, 0.1) is 6.92 Å². The lowest BCUT2D eigenvalue weighted by Gasteiger charge is -2.13. The average molecular weight is 479 g/mol. The summed E-state index contributed by atoms with van der Waals surface area (Å²) >= 11 is 1.47. The Morgan fingerprint density at radius 1 is 1.03 bits per heavy atom. The van der Waals surface area contributed by atoms with E-state index in [1.54, 1.807) is 14.2 Å². The fourth-order valence-electron chi connectivity index (χ4n) is 3.75. The number of aromatic nitrogens is 2. The minimum absolute atomic E-state index is 0.0577. The van der Waals surface area contributed by atoms with Crippen molar-refractivity contribution in [2.45, 2.75) is 27.1 Å². The van der Waals surface area contributed by atoms with E-state index in [1.165, 1.54) is 11.3 Å². The maximum absolute atomic E-state index is 13.1. The van der Waals surface area contributed by atoms with Crippen LogP contribution in [0.25, 0.3) is 21.5 Å². The van der Waals surface area contributed by atoms with Crippen LogP contribution < -0.4 is 9.47 Å². The number of pyridine rings is 1. The Kier molecular flexibility index (Phi) is 7.40. The maximum Gasteiger partial charge on any atom is 0.340 e. The zero-order chi connectivity index (χ0) is 24.1. The first-order chi connectivity index (χ1) is 16.5. The maximum atomic E-state index is 13.1. The number of esters is 1. The third-order valence-electron chi connectivity index (χ3n) is 5.33. The van der Waals surface area contributed by atoms with Gasteiger partial charge in [0.1, 0.15) is 11.6 Å². The van der Waals surface area contributed by atoms with E-state index >= 15 is 0 Å². The predicted molar refractivity (Wildman–Crippen MR) is 132 cm³/mol. The van der Waals surface area contributed by atoms with E-state index in [9.17, 15) is 4.79 Å². The van der Waals surface area contributed by atoms with Crippen LogP contribution in [0.5, 0.6) is 11.5 Å². The number of benzene rings is 2. The summed E-state index contributed by atoms with van der Waals surface area (Å²) in [6.07, 6.45) is 0. The highest BCUT2D eigenvalue weighted by Gasteiger charge is 2.21. The standard InChI is InChI=1S/C26H26N2O5S/c1-5-32-22-11-10-17(12-23(22)31-4)25-27-18(15-34-25)13-33-26(29)24-16(2)19-8-6-7-9-20(19)28-21(24)14-30-3/h6-12,15H,5,13-14H2,1-4H3. The fraction of sp³-hybridized carbons (Fsp3) is 0.269. The van der Waals surface area contributed by atoms with Gasteiger partial charge in [-0.05, 0) is 43.7 Å². The Morgan fingerprint density at radius 3 is 2.62 bits per heavy atom. The SMILES string of the molecule is CCOc1ccc(-c2nc(COC(=O)c3c(COC)nc4ccccc4c3C)cs2)cc1OC. The summed E-state index contributed by atoms with van der Waals surface area (Å²) in [5, 5.41) is 3.60. The molecule has 2 heterocycles. The van der Waals surface area contributed by atoms with Crippen LogP contribution in [0.4, 0.5) is 0 Å². The Hall–Kier alpha value is -3.49. The molecule has 0 radical (unpaired) electrons. The third kappa shape index (κ3) is 4.88. The van der Waals surface area contributed by atoms with Crippen molar-refractivity contribution in [3.63, 3.8) is 0 Å². The zero-order valence-electron chi connectivity index (χ0n) is 19.6. The van der Waals surface area contributed by atoms with Crippen LogP contribution in [-0.2, 0) is 22.7 Å². The molecular formula is C26H26N2O5S. The summed E-state index contributed by atoms with van der Waals surface area (Å²) < 4.78 is 21.9. The number of nitrogens with zero attached hydrogens (tertiary/aromatic N) is 2. The molecule has 0 atom stereocenters. The number of para-hydroxylation sites is 1. The van der Waals surface area contributed by atoms with E-state index < -0.39 is 5.97 Å². The van der Waals surface area contributed by atoms with E-state index in [1.807, 2.05) is 61.7 Å². The van der Waals surface area contributed by atoms with Crippen LogP contribution in [0.2, 0.25) is 0 Å². The molecule has 0 aliphatic heterocycles. The van der Waals surface area contributed by atoms with Crippen LogP contribution in [0.3, 0.4) is 0 Å². The molecule has 0 amide bonds. The molecule has 0 unspecified atom stereocenters. The molecule has 0 N–H and O–H groups in total. The lowest BCUT2D eigenvalue weighted by Crippen LogP contribution is -2.13. The second-order valence-corrected chi connectivity index (χ2v) is 8.39. The van der Waals surface area contributed by atoms with Gasteiger partial charge in [-0.1, -0.05) is 18.2 Å². The number of carbonyl (C=O) groups excluding carboxylic acids is 1. The zero-order valence-corrected chi connectivity index (χ0v) is 20.4. The third-order valence-corrected chi connectivity index (χ3v) is 6.27. The molecule has 0 saturated carbocycles. The van der Waals surface area contributed by atoms with Gasteiger partial charge < -0.3 is 18.9 Å². The lowest BCUT2D eigenvalue weighted by atomic mass is 10.0. The normalized spacial score (nSPS) is 10.9. The largest absolute Gasteiger partial charge is 0.493 e. The number of carbonyl (C=O) groups is 1. The number of hydrogen-bond donors (Lipinski definition) is 0. The highest BCUT2D eigenvalue weighted by atomic mass is 32.1. The van der Waals surface area contributed by atoms with Crippen molar-refractivity contribution in [3.05, 3.63) is 70.4 Å². The molecule has 2 aromatic heterocycles. The van der Waals surface area contributed by atoms with Crippen molar-refractivity contribution in [1.29, 1.82) is 0 Å². The second kappa shape index (κ2) is 10.6. The minimum Gasteiger partial charge on any atom is -0.493 e. The molecule has 8 heteroatoms. The van der Waals surface area contributed by atoms with Gasteiger partial charge in [0.2, 0.25) is 0 Å². The average Bonchev–Trinajstić information content (AvgIpc) is 3.32. The number of thiazole rings is 1.